The third-order valence-corrected chi connectivity index (χ3v) is 6.21. The van der Waals surface area contributed by atoms with Crippen molar-refractivity contribution in [3.8, 4) is 6.07 Å². The first-order chi connectivity index (χ1) is 13.7. The van der Waals surface area contributed by atoms with E-state index >= 15 is 0 Å². The third-order valence-electron chi connectivity index (χ3n) is 6.21. The zero-order valence-corrected chi connectivity index (χ0v) is 16.8. The van der Waals surface area contributed by atoms with E-state index < -0.39 is 11.5 Å². The number of benzene rings is 1. The van der Waals surface area contributed by atoms with Crippen LogP contribution in [0.2, 0.25) is 0 Å². The number of nitrogens with two attached hydrogens (primary N) is 1. The van der Waals surface area contributed by atoms with Crippen molar-refractivity contribution >= 4 is 22.7 Å². The van der Waals surface area contributed by atoms with Crippen molar-refractivity contribution in [2.24, 2.45) is 11.7 Å². The number of amides is 2. The van der Waals surface area contributed by atoms with Crippen molar-refractivity contribution in [1.29, 1.82) is 5.26 Å². The maximum absolute atomic E-state index is 12.9. The van der Waals surface area contributed by atoms with Crippen molar-refractivity contribution in [2.75, 3.05) is 7.11 Å². The molecular weight excluding hydrogens is 368 g/mol. The number of carbonyl (C=O) groups excluding carboxylic acids is 2. The summed E-state index contributed by atoms with van der Waals surface area (Å²) in [5.74, 6) is -0.242. The zero-order chi connectivity index (χ0) is 20.9. The number of aromatic nitrogens is 1. The minimum absolute atomic E-state index is 0.0372. The molecule has 2 heterocycles. The first-order valence-electron chi connectivity index (χ1n) is 9.75. The number of likely N-dealkylation sites (tertiary alicyclic amines) is 1. The van der Waals surface area contributed by atoms with Gasteiger partial charge < -0.3 is 15.4 Å². The average molecular weight is 392 g/mol. The SMILES string of the molecule is COC(C)(C)c1ccc2c(C(N)=O)cc(CC(=O)N3[C@H](C#N)C[C@@H]4C[C@@H]43)nc2c1. The van der Waals surface area contributed by atoms with Crippen LogP contribution < -0.4 is 5.73 Å². The van der Waals surface area contributed by atoms with Gasteiger partial charge in [0.25, 0.3) is 0 Å². The lowest BCUT2D eigenvalue weighted by atomic mass is 9.95. The Morgan fingerprint density at radius 2 is 2.10 bits per heavy atom. The molecule has 0 spiro atoms. The summed E-state index contributed by atoms with van der Waals surface area (Å²) in [7, 11) is 1.63. The predicted molar refractivity (Wildman–Crippen MR) is 107 cm³/mol. The standard InChI is InChI=1S/C22H24N4O3/c1-22(2,29-3)13-4-5-16-17(21(24)28)9-14(25-18(16)8-13)10-20(27)26-15(11-23)6-12-7-19(12)26/h4-5,8-9,12,15,19H,6-7,10H2,1-3H3,(H2,24,28)/t12-,15+,19+/m1/s1. The Morgan fingerprint density at radius 1 is 1.34 bits per heavy atom. The molecule has 7 nitrogen and oxygen atoms in total. The lowest BCUT2D eigenvalue weighted by Gasteiger charge is -2.24. The number of primary amides is 1. The summed E-state index contributed by atoms with van der Waals surface area (Å²) in [5, 5.41) is 9.99. The van der Waals surface area contributed by atoms with Gasteiger partial charge in [-0.1, -0.05) is 12.1 Å². The molecule has 7 heteroatoms. The molecule has 4 rings (SSSR count). The molecule has 0 bridgehead atoms. The molecule has 2 fully saturated rings. The van der Waals surface area contributed by atoms with Gasteiger partial charge in [-0.2, -0.15) is 5.26 Å². The van der Waals surface area contributed by atoms with Crippen molar-refractivity contribution in [1.82, 2.24) is 9.88 Å². The fourth-order valence-electron chi connectivity index (χ4n) is 4.25. The summed E-state index contributed by atoms with van der Waals surface area (Å²) in [6.07, 6.45) is 1.76. The molecule has 1 aromatic heterocycles. The van der Waals surface area contributed by atoms with Crippen LogP contribution in [0.5, 0.6) is 0 Å². The number of nitrogens with zero attached hydrogens (tertiary/aromatic N) is 3. The van der Waals surface area contributed by atoms with Gasteiger partial charge in [0.1, 0.15) is 6.04 Å². The Kier molecular flexibility index (Phi) is 4.55. The molecular formula is C22H24N4O3. The highest BCUT2D eigenvalue weighted by Gasteiger charge is 2.53. The molecule has 1 aliphatic carbocycles. The third kappa shape index (κ3) is 3.34. The number of piperidine rings is 1. The lowest BCUT2D eigenvalue weighted by Crippen LogP contribution is -2.38. The summed E-state index contributed by atoms with van der Waals surface area (Å²) >= 11 is 0. The average Bonchev–Trinajstić information content (AvgIpc) is 3.35. The molecule has 2 amide bonds. The Bertz CT molecular complexity index is 1060. The Labute approximate surface area is 169 Å². The van der Waals surface area contributed by atoms with E-state index in [1.54, 1.807) is 18.1 Å². The molecule has 1 saturated carbocycles. The smallest absolute Gasteiger partial charge is 0.249 e. The monoisotopic (exact) mass is 392 g/mol. The van der Waals surface area contributed by atoms with E-state index in [0.717, 1.165) is 18.4 Å². The number of carbonyl (C=O) groups is 2. The second kappa shape index (κ2) is 6.82. The van der Waals surface area contributed by atoms with Crippen LogP contribution in [-0.4, -0.2) is 40.9 Å². The molecule has 2 aliphatic rings. The number of hydrogen-bond donors (Lipinski definition) is 1. The molecule has 2 aromatic rings. The number of methoxy groups -OCH3 is 1. The molecule has 29 heavy (non-hydrogen) atoms. The van der Waals surface area contributed by atoms with Crippen LogP contribution in [0.3, 0.4) is 0 Å². The molecule has 0 unspecified atom stereocenters. The van der Waals surface area contributed by atoms with Gasteiger partial charge in [0.2, 0.25) is 11.8 Å². The van der Waals surface area contributed by atoms with E-state index in [-0.39, 0.29) is 24.4 Å². The van der Waals surface area contributed by atoms with Gasteiger partial charge in [0, 0.05) is 18.5 Å². The van der Waals surface area contributed by atoms with Gasteiger partial charge in [-0.3, -0.25) is 14.6 Å². The van der Waals surface area contributed by atoms with E-state index in [1.807, 2.05) is 32.0 Å². The van der Waals surface area contributed by atoms with Gasteiger partial charge in [-0.25, -0.2) is 0 Å². The molecule has 3 atom stereocenters. The van der Waals surface area contributed by atoms with Crippen LogP contribution in [0.15, 0.2) is 24.3 Å². The topological polar surface area (TPSA) is 109 Å². The maximum Gasteiger partial charge on any atom is 0.249 e. The molecule has 1 saturated heterocycles. The Morgan fingerprint density at radius 3 is 2.76 bits per heavy atom. The fraction of sp³-hybridized carbons (Fsp3) is 0.455. The fourth-order valence-corrected chi connectivity index (χ4v) is 4.25. The van der Waals surface area contributed by atoms with Crippen LogP contribution in [0.4, 0.5) is 0 Å². The van der Waals surface area contributed by atoms with Gasteiger partial charge in [-0.15, -0.1) is 0 Å². The van der Waals surface area contributed by atoms with Crippen LogP contribution in [0.25, 0.3) is 10.9 Å². The minimum atomic E-state index is -0.566. The Hall–Kier alpha value is -2.98. The molecule has 0 radical (unpaired) electrons. The first-order valence-corrected chi connectivity index (χ1v) is 9.75. The van der Waals surface area contributed by atoms with E-state index in [4.69, 9.17) is 10.5 Å². The summed E-state index contributed by atoms with van der Waals surface area (Å²) in [6, 6.07) is 9.19. The number of ether oxygens (including phenoxy) is 1. The number of pyridine rings is 1. The summed E-state index contributed by atoms with van der Waals surface area (Å²) < 4.78 is 5.54. The Balaban J connectivity index is 1.71. The second-order valence-corrected chi connectivity index (χ2v) is 8.39. The van der Waals surface area contributed by atoms with E-state index in [9.17, 15) is 14.9 Å². The normalized spacial score (nSPS) is 23.0. The van der Waals surface area contributed by atoms with E-state index in [0.29, 0.717) is 28.1 Å². The van der Waals surface area contributed by atoms with Gasteiger partial charge in [0.05, 0.1) is 34.9 Å². The van der Waals surface area contributed by atoms with Crippen LogP contribution in [0, 0.1) is 17.2 Å². The minimum Gasteiger partial charge on any atom is -0.374 e. The lowest BCUT2D eigenvalue weighted by molar-refractivity contribution is -0.131. The van der Waals surface area contributed by atoms with Crippen molar-refractivity contribution in [2.45, 2.75) is 50.8 Å². The van der Waals surface area contributed by atoms with Gasteiger partial charge in [-0.05, 0) is 50.3 Å². The highest BCUT2D eigenvalue weighted by atomic mass is 16.5. The quantitative estimate of drug-likeness (QED) is 0.839. The van der Waals surface area contributed by atoms with E-state index in [2.05, 4.69) is 11.1 Å². The predicted octanol–water partition coefficient (Wildman–Crippen LogP) is 2.27. The second-order valence-electron chi connectivity index (χ2n) is 8.39. The van der Waals surface area contributed by atoms with Crippen molar-refractivity contribution in [3.05, 3.63) is 41.1 Å². The van der Waals surface area contributed by atoms with Crippen LogP contribution in [0.1, 0.15) is 48.3 Å². The maximum atomic E-state index is 12.9. The zero-order valence-electron chi connectivity index (χ0n) is 16.8. The van der Waals surface area contributed by atoms with Crippen molar-refractivity contribution in [3.63, 3.8) is 0 Å². The van der Waals surface area contributed by atoms with Gasteiger partial charge >= 0.3 is 0 Å². The highest BCUT2D eigenvalue weighted by molar-refractivity contribution is 6.05. The molecule has 2 N–H and O–H groups in total. The highest BCUT2D eigenvalue weighted by Crippen LogP contribution is 2.47. The summed E-state index contributed by atoms with van der Waals surface area (Å²) in [5.41, 5.74) is 7.38. The van der Waals surface area contributed by atoms with Crippen LogP contribution in [-0.2, 0) is 21.6 Å². The summed E-state index contributed by atoms with van der Waals surface area (Å²) in [6.45, 7) is 3.88. The van der Waals surface area contributed by atoms with Gasteiger partial charge in [0.15, 0.2) is 0 Å². The van der Waals surface area contributed by atoms with Crippen LogP contribution >= 0.6 is 0 Å². The summed E-state index contributed by atoms with van der Waals surface area (Å²) in [4.78, 5) is 31.3. The molecule has 1 aliphatic heterocycles. The molecule has 150 valence electrons. The number of fused-ring (bicyclic) bond motifs is 2. The number of hydrogen-bond acceptors (Lipinski definition) is 5. The number of nitriles is 1. The van der Waals surface area contributed by atoms with E-state index in [1.165, 1.54) is 0 Å². The van der Waals surface area contributed by atoms with Crippen molar-refractivity contribution < 1.29 is 14.3 Å². The molecule has 1 aromatic carbocycles. The first kappa shape index (κ1) is 19.3. The number of rotatable bonds is 5. The largest absolute Gasteiger partial charge is 0.374 e.